The van der Waals surface area contributed by atoms with Crippen molar-refractivity contribution >= 4 is 0 Å². The van der Waals surface area contributed by atoms with Gasteiger partial charge in [-0.25, -0.2) is 0 Å². The summed E-state index contributed by atoms with van der Waals surface area (Å²) in [6, 6.07) is 0.847. The van der Waals surface area contributed by atoms with Crippen LogP contribution < -0.4 is 5.32 Å². The van der Waals surface area contributed by atoms with Gasteiger partial charge in [0.25, 0.3) is 0 Å². The molecule has 0 radical (unpaired) electrons. The highest BCUT2D eigenvalue weighted by atomic mass is 16.5. The Morgan fingerprint density at radius 1 is 1.26 bits per heavy atom. The fourth-order valence-corrected chi connectivity index (χ4v) is 3.93. The van der Waals surface area contributed by atoms with E-state index in [1.54, 1.807) is 0 Å². The van der Waals surface area contributed by atoms with Crippen molar-refractivity contribution in [3.63, 3.8) is 0 Å². The van der Waals surface area contributed by atoms with Crippen molar-refractivity contribution in [3.05, 3.63) is 0 Å². The van der Waals surface area contributed by atoms with Crippen molar-refractivity contribution in [2.24, 2.45) is 5.92 Å². The Hall–Kier alpha value is -0.160. The van der Waals surface area contributed by atoms with Gasteiger partial charge >= 0.3 is 0 Å². The number of likely N-dealkylation sites (tertiary alicyclic amines) is 2. The molecule has 1 N–H and O–H groups in total. The van der Waals surface area contributed by atoms with E-state index in [4.69, 9.17) is 4.74 Å². The monoisotopic (exact) mass is 267 g/mol. The normalized spacial score (nSPS) is 35.7. The molecular formula is C15H29N3O. The van der Waals surface area contributed by atoms with Gasteiger partial charge < -0.3 is 19.9 Å². The summed E-state index contributed by atoms with van der Waals surface area (Å²) in [5, 5.41) is 3.29. The second-order valence-electron chi connectivity index (χ2n) is 6.94. The first-order valence-corrected chi connectivity index (χ1v) is 7.94. The van der Waals surface area contributed by atoms with Crippen LogP contribution in [0.5, 0.6) is 0 Å². The van der Waals surface area contributed by atoms with E-state index in [1.165, 1.54) is 38.9 Å². The summed E-state index contributed by atoms with van der Waals surface area (Å²) in [6.07, 6.45) is 4.15. The number of nitrogens with zero attached hydrogens (tertiary/aromatic N) is 2. The van der Waals surface area contributed by atoms with Crippen LogP contribution in [-0.2, 0) is 4.74 Å². The molecule has 3 saturated heterocycles. The number of rotatable bonds is 4. The summed E-state index contributed by atoms with van der Waals surface area (Å²) in [5.74, 6) is 0.897. The fraction of sp³-hybridized carbons (Fsp3) is 1.00. The molecule has 19 heavy (non-hydrogen) atoms. The maximum absolute atomic E-state index is 6.01. The first-order valence-electron chi connectivity index (χ1n) is 7.94. The van der Waals surface area contributed by atoms with Crippen molar-refractivity contribution in [2.45, 2.75) is 37.8 Å². The van der Waals surface area contributed by atoms with Gasteiger partial charge in [-0.2, -0.15) is 0 Å². The number of fused-ring (bicyclic) bond motifs is 1. The van der Waals surface area contributed by atoms with Crippen LogP contribution in [0.3, 0.4) is 0 Å². The van der Waals surface area contributed by atoms with Gasteiger partial charge in [0.1, 0.15) is 0 Å². The van der Waals surface area contributed by atoms with E-state index in [1.807, 2.05) is 0 Å². The Bertz CT molecular complexity index is 306. The van der Waals surface area contributed by atoms with Crippen LogP contribution in [0, 0.1) is 5.92 Å². The highest BCUT2D eigenvalue weighted by Gasteiger charge is 2.35. The van der Waals surface area contributed by atoms with Crippen LogP contribution in [0.15, 0.2) is 0 Å². The van der Waals surface area contributed by atoms with Gasteiger partial charge in [-0.1, -0.05) is 0 Å². The number of ether oxygens (including phenoxy) is 1. The van der Waals surface area contributed by atoms with Gasteiger partial charge in [-0.05, 0) is 52.2 Å². The molecule has 3 heterocycles. The van der Waals surface area contributed by atoms with E-state index < -0.39 is 0 Å². The van der Waals surface area contributed by atoms with E-state index in [2.05, 4.69) is 29.1 Å². The smallest absolute Gasteiger partial charge is 0.0902 e. The molecule has 110 valence electrons. The summed E-state index contributed by atoms with van der Waals surface area (Å²) in [6.45, 7) is 10.1. The second kappa shape index (κ2) is 5.68. The van der Waals surface area contributed by atoms with Crippen molar-refractivity contribution < 1.29 is 4.74 Å². The Labute approximate surface area is 117 Å². The average molecular weight is 267 g/mol. The standard InChI is InChI=1S/C15H29N3O/c1-15(11-16-12-15)19-9-8-18-7-5-14-13(10-18)4-3-6-17(14)2/h13-14,16H,3-12H2,1-2H3. The van der Waals surface area contributed by atoms with Crippen molar-refractivity contribution in [3.8, 4) is 0 Å². The van der Waals surface area contributed by atoms with Crippen molar-refractivity contribution in [2.75, 3.05) is 52.9 Å². The summed E-state index contributed by atoms with van der Waals surface area (Å²) < 4.78 is 6.01. The van der Waals surface area contributed by atoms with Gasteiger partial charge in [0.15, 0.2) is 0 Å². The molecule has 0 aromatic heterocycles. The number of hydrogen-bond acceptors (Lipinski definition) is 4. The molecule has 4 nitrogen and oxygen atoms in total. The molecule has 0 bridgehead atoms. The van der Waals surface area contributed by atoms with Crippen LogP contribution in [0.2, 0.25) is 0 Å². The average Bonchev–Trinajstić information content (AvgIpc) is 2.37. The summed E-state index contributed by atoms with van der Waals surface area (Å²) in [5.41, 5.74) is 0.114. The molecule has 0 spiro atoms. The molecule has 3 aliphatic heterocycles. The lowest BCUT2D eigenvalue weighted by Gasteiger charge is -2.46. The first kappa shape index (κ1) is 13.8. The first-order chi connectivity index (χ1) is 9.16. The fourth-order valence-electron chi connectivity index (χ4n) is 3.93. The predicted molar refractivity (Wildman–Crippen MR) is 77.4 cm³/mol. The van der Waals surface area contributed by atoms with Gasteiger partial charge in [-0.3, -0.25) is 0 Å². The van der Waals surface area contributed by atoms with Gasteiger partial charge in [0, 0.05) is 32.2 Å². The Morgan fingerprint density at radius 3 is 2.84 bits per heavy atom. The van der Waals surface area contributed by atoms with Crippen LogP contribution in [0.4, 0.5) is 0 Å². The van der Waals surface area contributed by atoms with Gasteiger partial charge in [-0.15, -0.1) is 0 Å². The lowest BCUT2D eigenvalue weighted by molar-refractivity contribution is -0.0767. The minimum atomic E-state index is 0.114. The molecule has 3 rings (SSSR count). The maximum atomic E-state index is 6.01. The molecule has 0 aromatic rings. The molecule has 3 aliphatic rings. The summed E-state index contributed by atoms with van der Waals surface area (Å²) in [4.78, 5) is 5.21. The topological polar surface area (TPSA) is 27.7 Å². The minimum absolute atomic E-state index is 0.114. The van der Waals surface area contributed by atoms with Gasteiger partial charge in [0.05, 0.1) is 12.2 Å². The third-order valence-corrected chi connectivity index (χ3v) is 5.29. The Kier molecular flexibility index (Phi) is 4.13. The Morgan fingerprint density at radius 2 is 2.11 bits per heavy atom. The number of nitrogens with one attached hydrogen (secondary N) is 1. The summed E-state index contributed by atoms with van der Waals surface area (Å²) in [7, 11) is 2.31. The van der Waals surface area contributed by atoms with E-state index in [-0.39, 0.29) is 5.60 Å². The van der Waals surface area contributed by atoms with Crippen LogP contribution in [0.1, 0.15) is 26.2 Å². The number of piperidine rings is 2. The van der Waals surface area contributed by atoms with E-state index in [0.717, 1.165) is 38.2 Å². The van der Waals surface area contributed by atoms with Crippen molar-refractivity contribution in [1.82, 2.24) is 15.1 Å². The second-order valence-corrected chi connectivity index (χ2v) is 6.94. The molecule has 0 saturated carbocycles. The lowest BCUT2D eigenvalue weighted by Crippen LogP contribution is -2.59. The molecule has 0 aliphatic carbocycles. The van der Waals surface area contributed by atoms with Crippen LogP contribution in [-0.4, -0.2) is 74.4 Å². The highest BCUT2D eigenvalue weighted by molar-refractivity contribution is 4.91. The molecule has 2 unspecified atom stereocenters. The highest BCUT2D eigenvalue weighted by Crippen LogP contribution is 2.29. The van der Waals surface area contributed by atoms with E-state index in [9.17, 15) is 0 Å². The quantitative estimate of drug-likeness (QED) is 0.815. The molecular weight excluding hydrogens is 238 g/mol. The predicted octanol–water partition coefficient (Wildman–Crippen LogP) is 0.781. The zero-order valence-corrected chi connectivity index (χ0v) is 12.5. The number of hydrogen-bond donors (Lipinski definition) is 1. The SMILES string of the molecule is CN1CCCC2CN(CCOC3(C)CNC3)CCC21. The molecule has 4 heteroatoms. The van der Waals surface area contributed by atoms with Crippen molar-refractivity contribution in [1.29, 1.82) is 0 Å². The molecule has 0 amide bonds. The molecule has 3 fully saturated rings. The third kappa shape index (κ3) is 3.13. The maximum Gasteiger partial charge on any atom is 0.0902 e. The zero-order chi connectivity index (χ0) is 13.3. The Balaban J connectivity index is 1.41. The van der Waals surface area contributed by atoms with Gasteiger partial charge in [0.2, 0.25) is 0 Å². The van der Waals surface area contributed by atoms with Crippen LogP contribution in [0.25, 0.3) is 0 Å². The minimum Gasteiger partial charge on any atom is -0.371 e. The largest absolute Gasteiger partial charge is 0.371 e. The van der Waals surface area contributed by atoms with Crippen LogP contribution >= 0.6 is 0 Å². The van der Waals surface area contributed by atoms with E-state index >= 15 is 0 Å². The zero-order valence-electron chi connectivity index (χ0n) is 12.5. The van der Waals surface area contributed by atoms with E-state index in [0.29, 0.717) is 0 Å². The summed E-state index contributed by atoms with van der Waals surface area (Å²) >= 11 is 0. The molecule has 2 atom stereocenters. The molecule has 0 aromatic carbocycles. The lowest BCUT2D eigenvalue weighted by atomic mass is 9.84. The third-order valence-electron chi connectivity index (χ3n) is 5.29.